The van der Waals surface area contributed by atoms with E-state index in [1.165, 1.54) is 0 Å². The number of ether oxygens (including phenoxy) is 1. The van der Waals surface area contributed by atoms with Crippen molar-refractivity contribution in [1.29, 1.82) is 0 Å². The highest BCUT2D eigenvalue weighted by atomic mass is 35.5. The molecule has 36 heavy (non-hydrogen) atoms. The molecule has 3 aromatic carbocycles. The summed E-state index contributed by atoms with van der Waals surface area (Å²) in [7, 11) is 0. The zero-order valence-corrected chi connectivity index (χ0v) is 21.2. The Labute approximate surface area is 217 Å². The van der Waals surface area contributed by atoms with Gasteiger partial charge in [-0.2, -0.15) is 0 Å². The molecule has 4 aromatic rings. The number of nitrogens with zero attached hydrogens (tertiary/aromatic N) is 2. The van der Waals surface area contributed by atoms with Gasteiger partial charge in [-0.15, -0.1) is 6.58 Å². The van der Waals surface area contributed by atoms with Gasteiger partial charge < -0.3 is 14.6 Å². The Morgan fingerprint density at radius 2 is 1.78 bits per heavy atom. The maximum Gasteiger partial charge on any atom is 0.252 e. The third kappa shape index (κ3) is 6.55. The van der Waals surface area contributed by atoms with Crippen LogP contribution in [0.5, 0.6) is 5.75 Å². The van der Waals surface area contributed by atoms with E-state index in [1.807, 2.05) is 54.6 Å². The lowest BCUT2D eigenvalue weighted by molar-refractivity contribution is 0.0953. The van der Waals surface area contributed by atoms with Crippen molar-refractivity contribution in [2.75, 3.05) is 13.2 Å². The van der Waals surface area contributed by atoms with Crippen LogP contribution in [0.4, 0.5) is 0 Å². The maximum absolute atomic E-state index is 12.4. The van der Waals surface area contributed by atoms with Gasteiger partial charge in [0.25, 0.3) is 5.91 Å². The molecular weight excluding hydrogens is 470 g/mol. The van der Waals surface area contributed by atoms with E-state index in [2.05, 4.69) is 28.6 Å². The number of unbranched alkanes of at least 4 members (excludes halogenated alkanes) is 1. The fourth-order valence-electron chi connectivity index (χ4n) is 4.28. The number of rotatable bonds is 13. The van der Waals surface area contributed by atoms with Gasteiger partial charge >= 0.3 is 0 Å². The summed E-state index contributed by atoms with van der Waals surface area (Å²) in [5.41, 5.74) is 3.81. The van der Waals surface area contributed by atoms with Gasteiger partial charge in [0.1, 0.15) is 11.6 Å². The minimum absolute atomic E-state index is 0.149. The van der Waals surface area contributed by atoms with Crippen LogP contribution in [0.1, 0.15) is 41.0 Å². The smallest absolute Gasteiger partial charge is 0.252 e. The molecule has 0 aliphatic carbocycles. The largest absolute Gasteiger partial charge is 0.493 e. The third-order valence-electron chi connectivity index (χ3n) is 6.09. The Morgan fingerprint density at radius 3 is 2.64 bits per heavy atom. The van der Waals surface area contributed by atoms with Gasteiger partial charge in [0, 0.05) is 19.5 Å². The van der Waals surface area contributed by atoms with E-state index in [1.54, 1.807) is 12.1 Å². The molecule has 0 bridgehead atoms. The lowest BCUT2D eigenvalue weighted by Gasteiger charge is -2.12. The average Bonchev–Trinajstić information content (AvgIpc) is 3.25. The molecule has 6 heteroatoms. The molecule has 1 aromatic heterocycles. The standard InChI is InChI=1S/C30H32ClN3O2/c1-2-12-23-13-3-8-18-28(23)36-22-10-9-21-34-27-17-7-6-16-26(27)33-29(34)19-11-20-32-30(35)24-14-4-5-15-25(24)31/h2-8,13-18H,1,9-12,19-22H2,(H,32,35). The summed E-state index contributed by atoms with van der Waals surface area (Å²) in [4.78, 5) is 17.3. The summed E-state index contributed by atoms with van der Waals surface area (Å²) in [5.74, 6) is 1.83. The highest BCUT2D eigenvalue weighted by Crippen LogP contribution is 2.21. The van der Waals surface area contributed by atoms with Crippen LogP contribution in [0.3, 0.4) is 0 Å². The first-order chi connectivity index (χ1) is 17.7. The molecule has 1 heterocycles. The van der Waals surface area contributed by atoms with Gasteiger partial charge in [0.15, 0.2) is 0 Å². The molecule has 0 saturated carbocycles. The number of halogens is 1. The minimum atomic E-state index is -0.149. The zero-order valence-electron chi connectivity index (χ0n) is 20.5. The number of aromatic nitrogens is 2. The van der Waals surface area contributed by atoms with Crippen molar-refractivity contribution < 1.29 is 9.53 Å². The van der Waals surface area contributed by atoms with Gasteiger partial charge in [-0.3, -0.25) is 4.79 Å². The number of hydrogen-bond donors (Lipinski definition) is 1. The normalized spacial score (nSPS) is 10.9. The number of amides is 1. The SMILES string of the molecule is C=CCc1ccccc1OCCCCn1c(CCCNC(=O)c2ccccc2Cl)nc2ccccc21. The molecular formula is C30H32ClN3O2. The van der Waals surface area contributed by atoms with E-state index in [0.29, 0.717) is 23.7 Å². The van der Waals surface area contributed by atoms with Crippen LogP contribution in [0.15, 0.2) is 85.5 Å². The summed E-state index contributed by atoms with van der Waals surface area (Å²) >= 11 is 6.13. The molecule has 0 saturated heterocycles. The molecule has 0 spiro atoms. The molecule has 0 fully saturated rings. The van der Waals surface area contributed by atoms with Crippen LogP contribution in [0.2, 0.25) is 5.02 Å². The Hall–Kier alpha value is -3.57. The van der Waals surface area contributed by atoms with E-state index in [0.717, 1.165) is 66.8 Å². The number of fused-ring (bicyclic) bond motifs is 1. The van der Waals surface area contributed by atoms with E-state index >= 15 is 0 Å². The first-order valence-electron chi connectivity index (χ1n) is 12.5. The number of hydrogen-bond acceptors (Lipinski definition) is 3. The second-order valence-electron chi connectivity index (χ2n) is 8.66. The van der Waals surface area contributed by atoms with Crippen LogP contribution in [0, 0.1) is 0 Å². The van der Waals surface area contributed by atoms with Crippen molar-refractivity contribution in [1.82, 2.24) is 14.9 Å². The first-order valence-corrected chi connectivity index (χ1v) is 12.8. The number of imidazole rings is 1. The molecule has 0 atom stereocenters. The Morgan fingerprint density at radius 1 is 1.00 bits per heavy atom. The van der Waals surface area contributed by atoms with Crippen LogP contribution < -0.4 is 10.1 Å². The maximum atomic E-state index is 12.4. The Bertz CT molecular complexity index is 1310. The summed E-state index contributed by atoms with van der Waals surface area (Å²) in [6.45, 7) is 5.94. The van der Waals surface area contributed by atoms with E-state index in [-0.39, 0.29) is 5.91 Å². The van der Waals surface area contributed by atoms with Crippen molar-refractivity contribution in [3.63, 3.8) is 0 Å². The average molecular weight is 502 g/mol. The number of para-hydroxylation sites is 3. The van der Waals surface area contributed by atoms with Gasteiger partial charge in [-0.1, -0.05) is 60.1 Å². The topological polar surface area (TPSA) is 56.1 Å². The fourth-order valence-corrected chi connectivity index (χ4v) is 4.50. The van der Waals surface area contributed by atoms with Crippen LogP contribution in [-0.4, -0.2) is 28.6 Å². The monoisotopic (exact) mass is 501 g/mol. The van der Waals surface area contributed by atoms with E-state index < -0.39 is 0 Å². The summed E-state index contributed by atoms with van der Waals surface area (Å²) in [6, 6.07) is 23.5. The number of allylic oxidation sites excluding steroid dienone is 1. The summed E-state index contributed by atoms with van der Waals surface area (Å²) in [5, 5.41) is 3.43. The molecule has 0 unspecified atom stereocenters. The molecule has 0 radical (unpaired) electrons. The van der Waals surface area contributed by atoms with Crippen molar-refractivity contribution >= 4 is 28.5 Å². The number of aryl methyl sites for hydroxylation is 2. The number of carbonyl (C=O) groups is 1. The highest BCUT2D eigenvalue weighted by Gasteiger charge is 2.12. The van der Waals surface area contributed by atoms with Crippen LogP contribution in [0.25, 0.3) is 11.0 Å². The molecule has 4 rings (SSSR count). The molecule has 0 aliphatic heterocycles. The highest BCUT2D eigenvalue weighted by molar-refractivity contribution is 6.33. The second kappa shape index (κ2) is 12.9. The quantitative estimate of drug-likeness (QED) is 0.165. The number of benzene rings is 3. The Kier molecular flexibility index (Phi) is 9.17. The predicted octanol–water partition coefficient (Wildman–Crippen LogP) is 6.64. The first kappa shape index (κ1) is 25.5. The number of nitrogens with one attached hydrogen (secondary N) is 1. The van der Waals surface area contributed by atoms with E-state index in [9.17, 15) is 4.79 Å². The second-order valence-corrected chi connectivity index (χ2v) is 9.07. The Balaban J connectivity index is 1.30. The lowest BCUT2D eigenvalue weighted by Crippen LogP contribution is -2.25. The van der Waals surface area contributed by atoms with Gasteiger partial charge in [0.2, 0.25) is 0 Å². The lowest BCUT2D eigenvalue weighted by atomic mass is 10.1. The molecule has 1 amide bonds. The summed E-state index contributed by atoms with van der Waals surface area (Å²) in [6.07, 6.45) is 6.21. The van der Waals surface area contributed by atoms with E-state index in [4.69, 9.17) is 21.3 Å². The molecule has 186 valence electrons. The molecule has 1 N–H and O–H groups in total. The predicted molar refractivity (Wildman–Crippen MR) is 147 cm³/mol. The van der Waals surface area contributed by atoms with Gasteiger partial charge in [0.05, 0.1) is 28.2 Å². The van der Waals surface area contributed by atoms with Crippen molar-refractivity contribution in [3.05, 3.63) is 107 Å². The number of carbonyl (C=O) groups excluding carboxylic acids is 1. The van der Waals surface area contributed by atoms with Crippen molar-refractivity contribution in [2.45, 2.75) is 38.6 Å². The molecule has 5 nitrogen and oxygen atoms in total. The minimum Gasteiger partial charge on any atom is -0.493 e. The molecule has 0 aliphatic rings. The van der Waals surface area contributed by atoms with Gasteiger partial charge in [-0.05, 0) is 61.6 Å². The van der Waals surface area contributed by atoms with Gasteiger partial charge in [-0.25, -0.2) is 4.98 Å². The van der Waals surface area contributed by atoms with Crippen LogP contribution in [-0.2, 0) is 19.4 Å². The fraction of sp³-hybridized carbons (Fsp3) is 0.267. The zero-order chi connectivity index (χ0) is 25.2. The third-order valence-corrected chi connectivity index (χ3v) is 6.41. The van der Waals surface area contributed by atoms with Crippen molar-refractivity contribution in [2.24, 2.45) is 0 Å². The van der Waals surface area contributed by atoms with Crippen molar-refractivity contribution in [3.8, 4) is 5.75 Å². The van der Waals surface area contributed by atoms with Crippen LogP contribution >= 0.6 is 11.6 Å². The summed E-state index contributed by atoms with van der Waals surface area (Å²) < 4.78 is 8.35.